The molecule has 0 saturated carbocycles. The number of nitrogens with zero attached hydrogens (tertiary/aromatic N) is 1. The van der Waals surface area contributed by atoms with E-state index in [4.69, 9.17) is 5.73 Å². The van der Waals surface area contributed by atoms with Gasteiger partial charge in [0.15, 0.2) is 5.82 Å². The van der Waals surface area contributed by atoms with E-state index in [9.17, 15) is 0 Å². The molecule has 0 fully saturated rings. The number of anilines is 1. The lowest BCUT2D eigenvalue weighted by atomic mass is 10.1. The molecule has 0 aliphatic rings. The zero-order valence-electron chi connectivity index (χ0n) is 7.90. The number of nitrogens with one attached hydrogen (secondary N) is 1. The summed E-state index contributed by atoms with van der Waals surface area (Å²) in [6.45, 7) is 0. The van der Waals surface area contributed by atoms with E-state index in [1.165, 1.54) is 11.1 Å². The molecule has 0 unspecified atom stereocenters. The van der Waals surface area contributed by atoms with Crippen molar-refractivity contribution in [3.05, 3.63) is 35.0 Å². The number of benzene rings is 1. The van der Waals surface area contributed by atoms with Gasteiger partial charge < -0.3 is 5.73 Å². The van der Waals surface area contributed by atoms with Crippen molar-refractivity contribution in [2.24, 2.45) is 0 Å². The number of aromatic nitrogens is 2. The van der Waals surface area contributed by atoms with Crippen LogP contribution in [0, 0.1) is 0 Å². The SMILES string of the molecule is Nc1n[nH]c2ccc(-c3ccsc3)cc12. The third-order valence-corrected chi connectivity index (χ3v) is 3.13. The highest BCUT2D eigenvalue weighted by atomic mass is 32.1. The van der Waals surface area contributed by atoms with Gasteiger partial charge in [-0.2, -0.15) is 16.4 Å². The molecule has 0 aliphatic carbocycles. The number of nitrogens with two attached hydrogens (primary N) is 1. The van der Waals surface area contributed by atoms with E-state index < -0.39 is 0 Å². The molecule has 3 N–H and O–H groups in total. The Hall–Kier alpha value is -1.81. The molecule has 3 nitrogen and oxygen atoms in total. The molecule has 0 aliphatic heterocycles. The van der Waals surface area contributed by atoms with Gasteiger partial charge in [0.1, 0.15) is 0 Å². The Balaban J connectivity index is 2.25. The van der Waals surface area contributed by atoms with Gasteiger partial charge >= 0.3 is 0 Å². The number of hydrogen-bond donors (Lipinski definition) is 2. The summed E-state index contributed by atoms with van der Waals surface area (Å²) in [6, 6.07) is 8.24. The van der Waals surface area contributed by atoms with Crippen LogP contribution in [-0.2, 0) is 0 Å². The van der Waals surface area contributed by atoms with Crippen molar-refractivity contribution in [1.29, 1.82) is 0 Å². The van der Waals surface area contributed by atoms with E-state index in [0.29, 0.717) is 5.82 Å². The molecule has 2 aromatic heterocycles. The fourth-order valence-electron chi connectivity index (χ4n) is 1.64. The number of nitrogen functional groups attached to an aromatic ring is 1. The first-order valence-electron chi connectivity index (χ1n) is 4.61. The molecule has 0 spiro atoms. The number of H-pyrrole nitrogens is 1. The first-order valence-corrected chi connectivity index (χ1v) is 5.55. The predicted molar refractivity (Wildman–Crippen MR) is 63.8 cm³/mol. The van der Waals surface area contributed by atoms with Crippen LogP contribution >= 0.6 is 11.3 Å². The molecule has 74 valence electrons. The minimum Gasteiger partial charge on any atom is -0.382 e. The Morgan fingerprint density at radius 1 is 1.20 bits per heavy atom. The van der Waals surface area contributed by atoms with Crippen molar-refractivity contribution in [1.82, 2.24) is 10.2 Å². The molecular formula is C11H9N3S. The molecule has 4 heteroatoms. The van der Waals surface area contributed by atoms with Gasteiger partial charge in [0.2, 0.25) is 0 Å². The summed E-state index contributed by atoms with van der Waals surface area (Å²) in [6.07, 6.45) is 0. The van der Waals surface area contributed by atoms with Crippen LogP contribution in [0.3, 0.4) is 0 Å². The Kier molecular flexibility index (Phi) is 1.76. The van der Waals surface area contributed by atoms with Crippen molar-refractivity contribution in [2.45, 2.75) is 0 Å². The van der Waals surface area contributed by atoms with Gasteiger partial charge in [0.05, 0.1) is 5.52 Å². The molecule has 0 atom stereocenters. The van der Waals surface area contributed by atoms with E-state index in [1.807, 2.05) is 6.07 Å². The molecular weight excluding hydrogens is 206 g/mol. The van der Waals surface area contributed by atoms with E-state index in [1.54, 1.807) is 11.3 Å². The van der Waals surface area contributed by atoms with Gasteiger partial charge in [0, 0.05) is 5.39 Å². The largest absolute Gasteiger partial charge is 0.382 e. The van der Waals surface area contributed by atoms with Crippen LogP contribution in [0.25, 0.3) is 22.0 Å². The van der Waals surface area contributed by atoms with Crippen LogP contribution in [-0.4, -0.2) is 10.2 Å². The highest BCUT2D eigenvalue weighted by Crippen LogP contribution is 2.27. The van der Waals surface area contributed by atoms with Gasteiger partial charge in [-0.15, -0.1) is 0 Å². The molecule has 0 bridgehead atoms. The summed E-state index contributed by atoms with van der Waals surface area (Å²) in [5.41, 5.74) is 9.14. The standard InChI is InChI=1S/C11H9N3S/c12-11-9-5-7(8-3-4-15-6-8)1-2-10(9)13-14-11/h1-6H,(H3,12,13,14). The average Bonchev–Trinajstić information content (AvgIpc) is 2.88. The number of rotatable bonds is 1. The Morgan fingerprint density at radius 3 is 2.93 bits per heavy atom. The van der Waals surface area contributed by atoms with Gasteiger partial charge in [-0.05, 0) is 40.1 Å². The molecule has 0 saturated heterocycles. The molecule has 1 aromatic carbocycles. The van der Waals surface area contributed by atoms with Crippen molar-refractivity contribution in [2.75, 3.05) is 5.73 Å². The summed E-state index contributed by atoms with van der Waals surface area (Å²) in [7, 11) is 0. The number of hydrogen-bond acceptors (Lipinski definition) is 3. The predicted octanol–water partition coefficient (Wildman–Crippen LogP) is 2.87. The van der Waals surface area contributed by atoms with Crippen LogP contribution in [0.4, 0.5) is 5.82 Å². The molecule has 3 aromatic rings. The second-order valence-corrected chi connectivity index (χ2v) is 4.16. The molecule has 3 rings (SSSR count). The van der Waals surface area contributed by atoms with Crippen molar-refractivity contribution >= 4 is 28.1 Å². The van der Waals surface area contributed by atoms with Gasteiger partial charge in [0.25, 0.3) is 0 Å². The van der Waals surface area contributed by atoms with E-state index in [0.717, 1.165) is 10.9 Å². The van der Waals surface area contributed by atoms with Crippen molar-refractivity contribution in [3.8, 4) is 11.1 Å². The third-order valence-electron chi connectivity index (χ3n) is 2.45. The van der Waals surface area contributed by atoms with E-state index >= 15 is 0 Å². The van der Waals surface area contributed by atoms with Gasteiger partial charge in [-0.25, -0.2) is 0 Å². The Bertz CT molecular complexity index is 595. The van der Waals surface area contributed by atoms with Crippen LogP contribution in [0.2, 0.25) is 0 Å². The number of fused-ring (bicyclic) bond motifs is 1. The highest BCUT2D eigenvalue weighted by Gasteiger charge is 2.04. The lowest BCUT2D eigenvalue weighted by Gasteiger charge is -1.97. The zero-order chi connectivity index (χ0) is 10.3. The van der Waals surface area contributed by atoms with Crippen molar-refractivity contribution < 1.29 is 0 Å². The minimum absolute atomic E-state index is 0.557. The fraction of sp³-hybridized carbons (Fsp3) is 0. The summed E-state index contributed by atoms with van der Waals surface area (Å²) in [5, 5.41) is 12.0. The Morgan fingerprint density at radius 2 is 2.13 bits per heavy atom. The number of aromatic amines is 1. The topological polar surface area (TPSA) is 54.7 Å². The van der Waals surface area contributed by atoms with Crippen LogP contribution in [0.5, 0.6) is 0 Å². The molecule has 15 heavy (non-hydrogen) atoms. The number of thiophene rings is 1. The van der Waals surface area contributed by atoms with Crippen LogP contribution in [0.1, 0.15) is 0 Å². The highest BCUT2D eigenvalue weighted by molar-refractivity contribution is 7.08. The fourth-order valence-corrected chi connectivity index (χ4v) is 2.31. The summed E-state index contributed by atoms with van der Waals surface area (Å²) >= 11 is 1.69. The lowest BCUT2D eigenvalue weighted by Crippen LogP contribution is -1.83. The monoisotopic (exact) mass is 215 g/mol. The quantitative estimate of drug-likeness (QED) is 0.655. The third kappa shape index (κ3) is 1.30. The molecule has 2 heterocycles. The average molecular weight is 215 g/mol. The van der Waals surface area contributed by atoms with Gasteiger partial charge in [-0.1, -0.05) is 6.07 Å². The van der Waals surface area contributed by atoms with Gasteiger partial charge in [-0.3, -0.25) is 5.10 Å². The van der Waals surface area contributed by atoms with Crippen molar-refractivity contribution in [3.63, 3.8) is 0 Å². The molecule has 0 amide bonds. The summed E-state index contributed by atoms with van der Waals surface area (Å²) in [4.78, 5) is 0. The first-order chi connectivity index (χ1) is 7.34. The zero-order valence-corrected chi connectivity index (χ0v) is 8.71. The first kappa shape index (κ1) is 8.49. The lowest BCUT2D eigenvalue weighted by molar-refractivity contribution is 1.13. The van der Waals surface area contributed by atoms with E-state index in [-0.39, 0.29) is 0 Å². The minimum atomic E-state index is 0.557. The van der Waals surface area contributed by atoms with Crippen LogP contribution < -0.4 is 5.73 Å². The molecule has 0 radical (unpaired) electrons. The smallest absolute Gasteiger partial charge is 0.153 e. The maximum Gasteiger partial charge on any atom is 0.153 e. The van der Waals surface area contributed by atoms with Crippen LogP contribution in [0.15, 0.2) is 35.0 Å². The van der Waals surface area contributed by atoms with E-state index in [2.05, 4.69) is 39.2 Å². The summed E-state index contributed by atoms with van der Waals surface area (Å²) in [5.74, 6) is 0.557. The normalized spacial score (nSPS) is 10.9. The second kappa shape index (κ2) is 3.10. The maximum absolute atomic E-state index is 5.76. The second-order valence-electron chi connectivity index (χ2n) is 3.38. The Labute approximate surface area is 90.5 Å². The maximum atomic E-state index is 5.76. The summed E-state index contributed by atoms with van der Waals surface area (Å²) < 4.78 is 0.